The second kappa shape index (κ2) is 7.67. The Kier molecular flexibility index (Phi) is 5.32. The van der Waals surface area contributed by atoms with Crippen LogP contribution >= 0.6 is 11.8 Å². The Morgan fingerprint density at radius 2 is 1.78 bits per heavy atom. The largest absolute Gasteiger partial charge is 0.497 e. The molecule has 7 heteroatoms. The Balaban J connectivity index is 1.91. The van der Waals surface area contributed by atoms with Crippen LogP contribution in [0.4, 0.5) is 16.2 Å². The first-order valence-electron chi connectivity index (χ1n) is 8.20. The number of ether oxygens (including phenoxy) is 1. The summed E-state index contributed by atoms with van der Waals surface area (Å²) in [5, 5.41) is 2.29. The molecule has 0 aliphatic carbocycles. The number of benzene rings is 2. The molecule has 3 rings (SSSR count). The molecular weight excluding hydrogens is 364 g/mol. The van der Waals surface area contributed by atoms with Crippen molar-refractivity contribution in [3.8, 4) is 5.75 Å². The van der Waals surface area contributed by atoms with E-state index >= 15 is 0 Å². The highest BCUT2D eigenvalue weighted by atomic mass is 32.2. The molecule has 0 aromatic heterocycles. The summed E-state index contributed by atoms with van der Waals surface area (Å²) in [6.07, 6.45) is 0. The first-order chi connectivity index (χ1) is 12.9. The summed E-state index contributed by atoms with van der Waals surface area (Å²) < 4.78 is 5.22. The lowest BCUT2D eigenvalue weighted by atomic mass is 10.1. The molecule has 3 amide bonds. The molecule has 0 radical (unpaired) electrons. The number of nitrogens with zero attached hydrogens (tertiary/aromatic N) is 1. The molecule has 1 aliphatic heterocycles. The van der Waals surface area contributed by atoms with Gasteiger partial charge in [-0.2, -0.15) is 0 Å². The van der Waals surface area contributed by atoms with Crippen molar-refractivity contribution in [3.05, 3.63) is 59.0 Å². The summed E-state index contributed by atoms with van der Waals surface area (Å²) in [5.41, 5.74) is 2.59. The van der Waals surface area contributed by atoms with Crippen LogP contribution in [0.2, 0.25) is 0 Å². The molecule has 1 fully saturated rings. The van der Waals surface area contributed by atoms with Crippen molar-refractivity contribution in [1.29, 1.82) is 0 Å². The topological polar surface area (TPSA) is 75.7 Å². The number of allylic oxidation sites excluding steroid dienone is 1. The number of thioether (sulfide) groups is 1. The average molecular weight is 382 g/mol. The fourth-order valence-electron chi connectivity index (χ4n) is 2.71. The maximum Gasteiger partial charge on any atom is 0.298 e. The quantitative estimate of drug-likeness (QED) is 0.799. The van der Waals surface area contributed by atoms with Crippen molar-refractivity contribution in [3.63, 3.8) is 0 Å². The molecule has 0 unspecified atom stereocenters. The lowest BCUT2D eigenvalue weighted by molar-refractivity contribution is -0.114. The standard InChI is InChI=1S/C20H18N2O4S/c1-12(14-5-4-6-17(11-14)26-3)18-19(24)22(20(25)27-18)16-9-7-15(8-10-16)21-13(2)23/h4-11H,1-3H3,(H,21,23)/b18-12-. The molecule has 6 nitrogen and oxygen atoms in total. The molecule has 1 saturated heterocycles. The SMILES string of the molecule is COc1cccc(/C(C)=C2\SC(=O)N(c3ccc(NC(C)=O)cc3)C2=O)c1. The molecule has 0 bridgehead atoms. The Hall–Kier alpha value is -3.06. The van der Waals surface area contributed by atoms with Crippen molar-refractivity contribution >= 4 is 45.8 Å². The number of nitrogens with one attached hydrogen (secondary N) is 1. The number of carbonyl (C=O) groups excluding carboxylic acids is 3. The van der Waals surface area contributed by atoms with Gasteiger partial charge in [-0.15, -0.1) is 0 Å². The summed E-state index contributed by atoms with van der Waals surface area (Å²) in [6.45, 7) is 3.22. The Morgan fingerprint density at radius 1 is 1.07 bits per heavy atom. The monoisotopic (exact) mass is 382 g/mol. The maximum absolute atomic E-state index is 12.9. The van der Waals surface area contributed by atoms with Gasteiger partial charge in [0.25, 0.3) is 11.1 Å². The average Bonchev–Trinajstić information content (AvgIpc) is 2.96. The van der Waals surface area contributed by atoms with Gasteiger partial charge in [-0.25, -0.2) is 4.90 Å². The zero-order valence-electron chi connectivity index (χ0n) is 15.1. The van der Waals surface area contributed by atoms with Crippen LogP contribution in [0.5, 0.6) is 5.75 Å². The molecule has 27 heavy (non-hydrogen) atoms. The number of hydrogen-bond acceptors (Lipinski definition) is 5. The third-order valence-corrected chi connectivity index (χ3v) is 5.10. The van der Waals surface area contributed by atoms with Gasteiger partial charge in [0, 0.05) is 12.6 Å². The molecule has 2 aromatic rings. The smallest absolute Gasteiger partial charge is 0.298 e. The minimum atomic E-state index is -0.363. The normalized spacial score (nSPS) is 15.7. The first-order valence-corrected chi connectivity index (χ1v) is 9.01. The number of imide groups is 1. The lowest BCUT2D eigenvalue weighted by Gasteiger charge is -2.13. The molecule has 138 valence electrons. The van der Waals surface area contributed by atoms with E-state index in [0.29, 0.717) is 22.0 Å². The van der Waals surface area contributed by atoms with Crippen molar-refractivity contribution in [2.75, 3.05) is 17.3 Å². The van der Waals surface area contributed by atoms with Crippen molar-refractivity contribution in [1.82, 2.24) is 0 Å². The second-order valence-corrected chi connectivity index (χ2v) is 6.88. The summed E-state index contributed by atoms with van der Waals surface area (Å²) in [4.78, 5) is 38.0. The van der Waals surface area contributed by atoms with E-state index in [1.165, 1.54) is 6.92 Å². The highest BCUT2D eigenvalue weighted by molar-refractivity contribution is 8.19. The highest BCUT2D eigenvalue weighted by Crippen LogP contribution is 2.39. The van der Waals surface area contributed by atoms with Crippen molar-refractivity contribution < 1.29 is 19.1 Å². The van der Waals surface area contributed by atoms with E-state index in [1.807, 2.05) is 31.2 Å². The third-order valence-electron chi connectivity index (χ3n) is 4.06. The van der Waals surface area contributed by atoms with E-state index in [2.05, 4.69) is 5.32 Å². The molecule has 1 N–H and O–H groups in total. The minimum absolute atomic E-state index is 0.189. The fraction of sp³-hybridized carbons (Fsp3) is 0.150. The van der Waals surface area contributed by atoms with Gasteiger partial charge in [-0.3, -0.25) is 14.4 Å². The van der Waals surface area contributed by atoms with Crippen molar-refractivity contribution in [2.45, 2.75) is 13.8 Å². The van der Waals surface area contributed by atoms with Crippen LogP contribution in [-0.2, 0) is 9.59 Å². The van der Waals surface area contributed by atoms with E-state index in [1.54, 1.807) is 31.4 Å². The van der Waals surface area contributed by atoms with Crippen LogP contribution in [0.3, 0.4) is 0 Å². The van der Waals surface area contributed by atoms with Gasteiger partial charge < -0.3 is 10.1 Å². The number of carbonyl (C=O) groups is 3. The summed E-state index contributed by atoms with van der Waals surface area (Å²) >= 11 is 0.914. The van der Waals surface area contributed by atoms with Gasteiger partial charge in [0.2, 0.25) is 5.91 Å². The highest BCUT2D eigenvalue weighted by Gasteiger charge is 2.37. The Morgan fingerprint density at radius 3 is 2.41 bits per heavy atom. The van der Waals surface area contributed by atoms with Crippen LogP contribution in [0.15, 0.2) is 53.4 Å². The van der Waals surface area contributed by atoms with Crippen LogP contribution in [0, 0.1) is 0 Å². The molecule has 0 atom stereocenters. The van der Waals surface area contributed by atoms with Gasteiger partial charge in [-0.05, 0) is 66.2 Å². The molecule has 0 spiro atoms. The van der Waals surface area contributed by atoms with E-state index < -0.39 is 0 Å². The maximum atomic E-state index is 12.9. The molecule has 1 heterocycles. The van der Waals surface area contributed by atoms with Gasteiger partial charge in [0.15, 0.2) is 0 Å². The Bertz CT molecular complexity index is 951. The van der Waals surface area contributed by atoms with Crippen LogP contribution in [0.1, 0.15) is 19.4 Å². The van der Waals surface area contributed by atoms with Crippen LogP contribution < -0.4 is 15.0 Å². The molecular formula is C20H18N2O4S. The fourth-order valence-corrected chi connectivity index (χ4v) is 3.61. The molecule has 2 aromatic carbocycles. The summed E-state index contributed by atoms with van der Waals surface area (Å²) in [7, 11) is 1.58. The number of amides is 3. The van der Waals surface area contributed by atoms with Crippen LogP contribution in [0.25, 0.3) is 5.57 Å². The predicted octanol–water partition coefficient (Wildman–Crippen LogP) is 4.28. The first kappa shape index (κ1) is 18.7. The van der Waals surface area contributed by atoms with E-state index in [9.17, 15) is 14.4 Å². The predicted molar refractivity (Wildman–Crippen MR) is 107 cm³/mol. The van der Waals surface area contributed by atoms with Crippen LogP contribution in [-0.4, -0.2) is 24.2 Å². The van der Waals surface area contributed by atoms with E-state index in [0.717, 1.165) is 27.8 Å². The number of anilines is 2. The number of hydrogen-bond donors (Lipinski definition) is 1. The summed E-state index contributed by atoms with van der Waals surface area (Å²) in [6, 6.07) is 13.9. The number of rotatable bonds is 4. The van der Waals surface area contributed by atoms with E-state index in [-0.39, 0.29) is 17.1 Å². The van der Waals surface area contributed by atoms with E-state index in [4.69, 9.17) is 4.74 Å². The molecule has 0 saturated carbocycles. The van der Waals surface area contributed by atoms with Crippen molar-refractivity contribution in [2.24, 2.45) is 0 Å². The molecule has 1 aliphatic rings. The number of methoxy groups -OCH3 is 1. The van der Waals surface area contributed by atoms with Gasteiger partial charge >= 0.3 is 0 Å². The lowest BCUT2D eigenvalue weighted by Crippen LogP contribution is -2.27. The second-order valence-electron chi connectivity index (χ2n) is 5.92. The van der Waals surface area contributed by atoms with Gasteiger partial charge in [-0.1, -0.05) is 12.1 Å². The Labute approximate surface area is 161 Å². The van der Waals surface area contributed by atoms with Gasteiger partial charge in [0.1, 0.15) is 5.75 Å². The zero-order chi connectivity index (χ0) is 19.6. The third kappa shape index (κ3) is 3.88. The summed E-state index contributed by atoms with van der Waals surface area (Å²) in [5.74, 6) is 0.128. The zero-order valence-corrected chi connectivity index (χ0v) is 15.9. The minimum Gasteiger partial charge on any atom is -0.497 e. The van der Waals surface area contributed by atoms with Gasteiger partial charge in [0.05, 0.1) is 17.7 Å².